The van der Waals surface area contributed by atoms with Crippen LogP contribution in [0.2, 0.25) is 5.28 Å². The SMILES string of the molecule is Cc1nc(NC(C)(C)C)nc(C(C)(C)C)c1-c1nc(N2CCOCC2)c2nc(Cl)n(CC3CC3)c2n1.O=C(O)OC(=O)O. The number of carbonyl (C=O) groups is 2. The van der Waals surface area contributed by atoms with Crippen molar-refractivity contribution >= 4 is 46.8 Å². The Bertz CT molecular complexity index is 1490. The number of anilines is 2. The molecule has 2 fully saturated rings. The molecule has 0 amide bonds. The first-order valence-electron chi connectivity index (χ1n) is 14.1. The van der Waals surface area contributed by atoms with Gasteiger partial charge >= 0.3 is 12.3 Å². The van der Waals surface area contributed by atoms with Crippen LogP contribution >= 0.6 is 11.6 Å². The van der Waals surface area contributed by atoms with E-state index in [1.54, 1.807) is 0 Å². The number of nitrogens with one attached hydrogen (secondary N) is 1. The third-order valence-electron chi connectivity index (χ3n) is 6.66. The van der Waals surface area contributed by atoms with Crippen LogP contribution in [0.3, 0.4) is 0 Å². The largest absolute Gasteiger partial charge is 0.516 e. The van der Waals surface area contributed by atoms with Crippen LogP contribution < -0.4 is 10.2 Å². The summed E-state index contributed by atoms with van der Waals surface area (Å²) in [6, 6.07) is 0. The average Bonchev–Trinajstić information content (AvgIpc) is 3.64. The topological polar surface area (TPSA) is 178 Å². The average molecular weight is 619 g/mol. The van der Waals surface area contributed by atoms with Gasteiger partial charge in [-0.25, -0.2) is 34.5 Å². The van der Waals surface area contributed by atoms with E-state index in [1.807, 2.05) is 11.5 Å². The number of aromatic nitrogens is 6. The molecule has 234 valence electrons. The summed E-state index contributed by atoms with van der Waals surface area (Å²) in [5, 5.41) is 18.9. The highest BCUT2D eigenvalue weighted by molar-refractivity contribution is 6.29. The Labute approximate surface area is 254 Å². The monoisotopic (exact) mass is 618 g/mol. The van der Waals surface area contributed by atoms with Gasteiger partial charge in [-0.05, 0) is 58.1 Å². The van der Waals surface area contributed by atoms with Gasteiger partial charge in [-0.1, -0.05) is 20.8 Å². The molecular weight excluding hydrogens is 580 g/mol. The Kier molecular flexibility index (Phi) is 9.30. The maximum atomic E-state index is 9.21. The van der Waals surface area contributed by atoms with E-state index in [4.69, 9.17) is 51.5 Å². The highest BCUT2D eigenvalue weighted by atomic mass is 35.5. The van der Waals surface area contributed by atoms with Crippen LogP contribution in [0.15, 0.2) is 0 Å². The molecule has 43 heavy (non-hydrogen) atoms. The lowest BCUT2D eigenvalue weighted by molar-refractivity contribution is 0.0801. The van der Waals surface area contributed by atoms with Crippen molar-refractivity contribution in [1.29, 1.82) is 0 Å². The zero-order valence-electron chi connectivity index (χ0n) is 25.6. The third-order valence-corrected chi connectivity index (χ3v) is 6.95. The van der Waals surface area contributed by atoms with Crippen molar-refractivity contribution in [3.63, 3.8) is 0 Å². The number of hydrogen-bond acceptors (Lipinski definition) is 11. The number of nitrogens with zero attached hydrogens (tertiary/aromatic N) is 7. The molecule has 0 atom stereocenters. The highest BCUT2D eigenvalue weighted by Crippen LogP contribution is 2.38. The third kappa shape index (κ3) is 8.20. The minimum atomic E-state index is -1.81. The first-order chi connectivity index (χ1) is 20.0. The summed E-state index contributed by atoms with van der Waals surface area (Å²) in [6.45, 7) is 18.4. The van der Waals surface area contributed by atoms with E-state index in [1.165, 1.54) is 12.8 Å². The number of imidazole rings is 1. The molecule has 0 unspecified atom stereocenters. The fourth-order valence-electron chi connectivity index (χ4n) is 4.64. The second-order valence-electron chi connectivity index (χ2n) is 12.7. The molecule has 0 bridgehead atoms. The van der Waals surface area contributed by atoms with Crippen LogP contribution in [0, 0.1) is 12.8 Å². The van der Waals surface area contributed by atoms with Gasteiger partial charge in [0.2, 0.25) is 11.2 Å². The van der Waals surface area contributed by atoms with Crippen LogP contribution in [0.25, 0.3) is 22.6 Å². The van der Waals surface area contributed by atoms with Gasteiger partial charge in [0.15, 0.2) is 22.8 Å². The standard InChI is InChI=1S/C26H37ClN8O.C2H2O5/c1-15-17(19(25(2,3)4)30-24(28-15)33-26(5,6)7)20-31-21(34-10-12-36-13-11-34)18-22(32-20)35(23(27)29-18)14-16-8-9-16;3-1(4)7-2(5)6/h16H,8-14H2,1-7H3,(H,28,30,33);(H,3,4)(H,5,6). The fourth-order valence-corrected chi connectivity index (χ4v) is 4.87. The molecule has 1 saturated carbocycles. The summed E-state index contributed by atoms with van der Waals surface area (Å²) < 4.78 is 10.7. The number of morpholine rings is 1. The lowest BCUT2D eigenvalue weighted by atomic mass is 9.87. The van der Waals surface area contributed by atoms with Gasteiger partial charge in [-0.3, -0.25) is 4.57 Å². The minimum Gasteiger partial charge on any atom is -0.449 e. The van der Waals surface area contributed by atoms with Crippen molar-refractivity contribution in [2.45, 2.75) is 78.8 Å². The highest BCUT2D eigenvalue weighted by Gasteiger charge is 2.31. The van der Waals surface area contributed by atoms with Gasteiger partial charge < -0.3 is 29.9 Å². The minimum absolute atomic E-state index is 0.159. The van der Waals surface area contributed by atoms with Crippen LogP contribution in [0.4, 0.5) is 21.4 Å². The Morgan fingerprint density at radius 2 is 1.63 bits per heavy atom. The molecule has 0 spiro atoms. The van der Waals surface area contributed by atoms with Gasteiger partial charge in [0, 0.05) is 30.6 Å². The van der Waals surface area contributed by atoms with E-state index in [0.29, 0.717) is 36.2 Å². The van der Waals surface area contributed by atoms with Crippen LogP contribution in [0.1, 0.15) is 65.8 Å². The van der Waals surface area contributed by atoms with Crippen molar-refractivity contribution in [1.82, 2.24) is 29.5 Å². The normalized spacial score (nSPS) is 15.6. The van der Waals surface area contributed by atoms with E-state index in [-0.39, 0.29) is 11.0 Å². The number of rotatable bonds is 5. The number of aryl methyl sites for hydroxylation is 1. The van der Waals surface area contributed by atoms with E-state index in [0.717, 1.165) is 53.6 Å². The van der Waals surface area contributed by atoms with Gasteiger partial charge in [0.25, 0.3) is 0 Å². The van der Waals surface area contributed by atoms with Crippen LogP contribution in [-0.2, 0) is 21.4 Å². The molecule has 3 aromatic heterocycles. The molecular formula is C28H39ClN8O6. The van der Waals surface area contributed by atoms with Crippen LogP contribution in [0.5, 0.6) is 0 Å². The smallest absolute Gasteiger partial charge is 0.449 e. The summed E-state index contributed by atoms with van der Waals surface area (Å²) in [5.41, 5.74) is 3.73. The molecule has 4 heterocycles. The van der Waals surface area contributed by atoms with Gasteiger partial charge in [-0.2, -0.15) is 0 Å². The van der Waals surface area contributed by atoms with Crippen molar-refractivity contribution in [2.24, 2.45) is 5.92 Å². The Balaban J connectivity index is 0.000000541. The van der Waals surface area contributed by atoms with Crippen molar-refractivity contribution in [3.8, 4) is 11.4 Å². The quantitative estimate of drug-likeness (QED) is 0.189. The summed E-state index contributed by atoms with van der Waals surface area (Å²) in [4.78, 5) is 45.4. The van der Waals surface area contributed by atoms with E-state index in [9.17, 15) is 9.59 Å². The zero-order chi connectivity index (χ0) is 31.7. The predicted octanol–water partition coefficient (Wildman–Crippen LogP) is 5.36. The Hall–Kier alpha value is -3.78. The van der Waals surface area contributed by atoms with E-state index < -0.39 is 12.3 Å². The lowest BCUT2D eigenvalue weighted by Gasteiger charge is -2.29. The number of fused-ring (bicyclic) bond motifs is 1. The summed E-state index contributed by atoms with van der Waals surface area (Å²) in [6.07, 6.45) is -1.19. The summed E-state index contributed by atoms with van der Waals surface area (Å²) >= 11 is 6.67. The van der Waals surface area contributed by atoms with E-state index in [2.05, 4.69) is 56.5 Å². The molecule has 2 aliphatic rings. The lowest BCUT2D eigenvalue weighted by Crippen LogP contribution is -2.37. The predicted molar refractivity (Wildman–Crippen MR) is 161 cm³/mol. The second-order valence-corrected chi connectivity index (χ2v) is 13.0. The Morgan fingerprint density at radius 1 is 1.00 bits per heavy atom. The molecule has 15 heteroatoms. The molecule has 1 aliphatic heterocycles. The molecule has 0 radical (unpaired) electrons. The number of carboxylic acid groups (broad SMARTS) is 2. The molecule has 0 aromatic carbocycles. The Morgan fingerprint density at radius 3 is 2.14 bits per heavy atom. The van der Waals surface area contributed by atoms with Crippen molar-refractivity contribution in [2.75, 3.05) is 36.5 Å². The first kappa shape index (κ1) is 32.1. The molecule has 5 rings (SSSR count). The summed E-state index contributed by atoms with van der Waals surface area (Å²) in [7, 11) is 0. The van der Waals surface area contributed by atoms with E-state index >= 15 is 0 Å². The second kappa shape index (κ2) is 12.4. The van der Waals surface area contributed by atoms with Crippen molar-refractivity contribution < 1.29 is 29.3 Å². The van der Waals surface area contributed by atoms with Gasteiger partial charge in [0.1, 0.15) is 0 Å². The van der Waals surface area contributed by atoms with Gasteiger partial charge in [0.05, 0.1) is 30.2 Å². The van der Waals surface area contributed by atoms with Crippen LogP contribution in [-0.4, -0.2) is 83.9 Å². The fraction of sp³-hybridized carbons (Fsp3) is 0.607. The van der Waals surface area contributed by atoms with Gasteiger partial charge in [-0.15, -0.1) is 0 Å². The maximum Gasteiger partial charge on any atom is 0.516 e. The molecule has 3 aromatic rings. The summed E-state index contributed by atoms with van der Waals surface area (Å²) in [5.74, 6) is 2.65. The molecule has 3 N–H and O–H groups in total. The molecule has 1 aliphatic carbocycles. The van der Waals surface area contributed by atoms with Crippen molar-refractivity contribution in [3.05, 3.63) is 16.7 Å². The molecule has 1 saturated heterocycles. The number of ether oxygens (including phenoxy) is 2. The zero-order valence-corrected chi connectivity index (χ0v) is 26.3. The number of halogens is 1. The maximum absolute atomic E-state index is 9.21. The molecule has 14 nitrogen and oxygen atoms in total. The number of hydrogen-bond donors (Lipinski definition) is 3. The first-order valence-corrected chi connectivity index (χ1v) is 14.5.